The first-order chi connectivity index (χ1) is 8.76. The molecule has 0 aliphatic heterocycles. The van der Waals surface area contributed by atoms with Crippen molar-refractivity contribution in [2.24, 2.45) is 0 Å². The van der Waals surface area contributed by atoms with Gasteiger partial charge in [0.05, 0.1) is 19.0 Å². The van der Waals surface area contributed by atoms with Crippen LogP contribution in [0.2, 0.25) is 0 Å². The number of hydrogen-bond donors (Lipinski definition) is 0. The maximum atomic E-state index is 5.20. The Labute approximate surface area is 119 Å². The molecule has 0 fully saturated rings. The van der Waals surface area contributed by atoms with Gasteiger partial charge < -0.3 is 9.14 Å². The Bertz CT molecular complexity index is 689. The van der Waals surface area contributed by atoms with Crippen LogP contribution in [0.5, 0.6) is 5.75 Å². The second-order valence-electron chi connectivity index (χ2n) is 3.97. The summed E-state index contributed by atoms with van der Waals surface area (Å²) in [5, 5.41) is 0. The highest BCUT2D eigenvalue weighted by molar-refractivity contribution is 14.1. The lowest BCUT2D eigenvalue weighted by Gasteiger charge is -1.98. The highest BCUT2D eigenvalue weighted by Gasteiger charge is 2.04. The quantitative estimate of drug-likeness (QED) is 0.663. The van der Waals surface area contributed by atoms with Crippen LogP contribution in [-0.2, 0) is 0 Å². The van der Waals surface area contributed by atoms with Gasteiger partial charge in [-0.25, -0.2) is 4.98 Å². The van der Waals surface area contributed by atoms with Gasteiger partial charge in [0.25, 0.3) is 0 Å². The fourth-order valence-electron chi connectivity index (χ4n) is 1.85. The lowest BCUT2D eigenvalue weighted by atomic mass is 10.2. The first-order valence-corrected chi connectivity index (χ1v) is 6.63. The molecule has 1 aromatic carbocycles. The van der Waals surface area contributed by atoms with E-state index in [4.69, 9.17) is 4.74 Å². The first-order valence-electron chi connectivity index (χ1n) is 5.55. The molecule has 0 aliphatic rings. The molecular weight excluding hydrogens is 335 g/mol. The summed E-state index contributed by atoms with van der Waals surface area (Å²) in [5.74, 6) is 0.828. The molecule has 0 spiro atoms. The molecule has 0 amide bonds. The molecule has 90 valence electrons. The number of nitrogens with zero attached hydrogens (tertiary/aromatic N) is 2. The Hall–Kier alpha value is -1.56. The number of benzene rings is 1. The molecule has 3 rings (SSSR count). The van der Waals surface area contributed by atoms with Gasteiger partial charge in [0.1, 0.15) is 11.4 Å². The van der Waals surface area contributed by atoms with Crippen LogP contribution in [0.1, 0.15) is 0 Å². The van der Waals surface area contributed by atoms with Crippen LogP contribution in [0.25, 0.3) is 16.9 Å². The number of halogens is 1. The number of aromatic nitrogens is 2. The van der Waals surface area contributed by atoms with E-state index in [1.165, 1.54) is 3.57 Å². The molecule has 3 aromatic rings. The summed E-state index contributed by atoms with van der Waals surface area (Å²) in [5.41, 5.74) is 3.02. The summed E-state index contributed by atoms with van der Waals surface area (Å²) in [6.45, 7) is 0. The molecule has 0 bridgehead atoms. The van der Waals surface area contributed by atoms with Gasteiger partial charge in [-0.05, 0) is 46.9 Å². The van der Waals surface area contributed by atoms with E-state index in [9.17, 15) is 0 Å². The summed E-state index contributed by atoms with van der Waals surface area (Å²) in [7, 11) is 1.66. The van der Waals surface area contributed by atoms with Crippen molar-refractivity contribution in [3.05, 3.63) is 52.4 Å². The van der Waals surface area contributed by atoms with Crippen LogP contribution in [0, 0.1) is 3.57 Å². The average molecular weight is 346 g/mol. The monoisotopic (exact) mass is 346 g/mol. The van der Waals surface area contributed by atoms with Crippen molar-refractivity contribution in [3.8, 4) is 17.0 Å². The van der Waals surface area contributed by atoms with Crippen LogP contribution in [0.4, 0.5) is 0 Å². The van der Waals surface area contributed by atoms with E-state index >= 15 is 0 Å². The summed E-state index contributed by atoms with van der Waals surface area (Å²) >= 11 is 2.30. The lowest BCUT2D eigenvalue weighted by molar-refractivity contribution is 0.412. The molecule has 0 saturated carbocycles. The third kappa shape index (κ3) is 2.08. The van der Waals surface area contributed by atoms with E-state index in [1.807, 2.05) is 28.9 Å². The molecule has 18 heavy (non-hydrogen) atoms. The lowest BCUT2D eigenvalue weighted by Crippen LogP contribution is -1.86. The average Bonchev–Trinajstić information content (AvgIpc) is 2.82. The Morgan fingerprint density at radius 2 is 1.83 bits per heavy atom. The highest BCUT2D eigenvalue weighted by atomic mass is 123. The SMILES string of the molecule is COc1ccc2nc(-c3ccc([123I])cc3)cn2c1. The molecule has 3 nitrogen and oxygen atoms in total. The molecule has 0 saturated heterocycles. The number of methoxy groups -OCH3 is 1. The van der Waals surface area contributed by atoms with Crippen molar-refractivity contribution in [1.29, 1.82) is 0 Å². The highest BCUT2D eigenvalue weighted by Crippen LogP contribution is 2.21. The summed E-state index contributed by atoms with van der Waals surface area (Å²) < 4.78 is 8.41. The molecule has 4 heteroatoms. The van der Waals surface area contributed by atoms with Crippen LogP contribution in [0.3, 0.4) is 0 Å². The Balaban J connectivity index is 2.10. The summed E-state index contributed by atoms with van der Waals surface area (Å²) in [4.78, 5) is 4.59. The molecule has 0 atom stereocenters. The Kier molecular flexibility index (Phi) is 2.95. The van der Waals surface area contributed by atoms with Crippen LogP contribution in [-0.4, -0.2) is 16.5 Å². The largest absolute Gasteiger partial charge is 0.495 e. The molecule has 0 aliphatic carbocycles. The van der Waals surface area contributed by atoms with Crippen molar-refractivity contribution in [3.63, 3.8) is 0 Å². The second kappa shape index (κ2) is 4.61. The molecule has 2 heterocycles. The van der Waals surface area contributed by atoms with Gasteiger partial charge in [0, 0.05) is 15.3 Å². The van der Waals surface area contributed by atoms with Crippen molar-refractivity contribution >= 4 is 28.2 Å². The van der Waals surface area contributed by atoms with Gasteiger partial charge >= 0.3 is 0 Å². The van der Waals surface area contributed by atoms with Crippen molar-refractivity contribution < 1.29 is 4.74 Å². The molecule has 0 N–H and O–H groups in total. The number of rotatable bonds is 2. The van der Waals surface area contributed by atoms with E-state index in [0.717, 1.165) is 22.7 Å². The number of imidazole rings is 1. The number of ether oxygens (including phenoxy) is 1. The van der Waals surface area contributed by atoms with Gasteiger partial charge in [-0.2, -0.15) is 0 Å². The van der Waals surface area contributed by atoms with Crippen molar-refractivity contribution in [2.45, 2.75) is 0 Å². The molecule has 0 radical (unpaired) electrons. The fraction of sp³-hybridized carbons (Fsp3) is 0.0714. The first kappa shape index (κ1) is 11.5. The number of hydrogen-bond acceptors (Lipinski definition) is 2. The maximum absolute atomic E-state index is 5.20. The van der Waals surface area contributed by atoms with E-state index in [-0.39, 0.29) is 0 Å². The zero-order valence-electron chi connectivity index (χ0n) is 9.80. The minimum absolute atomic E-state index is 0.828. The normalized spacial score (nSPS) is 10.8. The van der Waals surface area contributed by atoms with Crippen molar-refractivity contribution in [2.75, 3.05) is 7.11 Å². The van der Waals surface area contributed by atoms with Crippen LogP contribution < -0.4 is 4.74 Å². The van der Waals surface area contributed by atoms with Gasteiger partial charge in [-0.1, -0.05) is 12.1 Å². The van der Waals surface area contributed by atoms with Gasteiger partial charge in [-0.15, -0.1) is 0 Å². The topological polar surface area (TPSA) is 26.5 Å². The predicted molar refractivity (Wildman–Crippen MR) is 79.9 cm³/mol. The van der Waals surface area contributed by atoms with Gasteiger partial charge in [0.15, 0.2) is 0 Å². The van der Waals surface area contributed by atoms with E-state index < -0.39 is 0 Å². The zero-order chi connectivity index (χ0) is 12.5. The zero-order valence-corrected chi connectivity index (χ0v) is 12.0. The second-order valence-corrected chi connectivity index (χ2v) is 5.21. The smallest absolute Gasteiger partial charge is 0.137 e. The third-order valence-corrected chi connectivity index (χ3v) is 3.52. The van der Waals surface area contributed by atoms with E-state index in [0.29, 0.717) is 0 Å². The molecule has 0 unspecified atom stereocenters. The minimum Gasteiger partial charge on any atom is -0.495 e. The standard InChI is InChI=1S/C14H11IN2O/c1-18-12-6-7-14-16-13(9-17(14)8-12)10-2-4-11(15)5-3-10/h2-9H,1H3/i15-4. The van der Waals surface area contributed by atoms with Crippen LogP contribution >= 0.6 is 22.6 Å². The fourth-order valence-corrected chi connectivity index (χ4v) is 2.21. The number of fused-ring (bicyclic) bond motifs is 1. The molecular formula is C14H11IN2O. The minimum atomic E-state index is 0.828. The third-order valence-electron chi connectivity index (χ3n) is 2.80. The Morgan fingerprint density at radius 1 is 1.06 bits per heavy atom. The van der Waals surface area contributed by atoms with E-state index in [1.54, 1.807) is 7.11 Å². The van der Waals surface area contributed by atoms with Gasteiger partial charge in [0.2, 0.25) is 0 Å². The summed E-state index contributed by atoms with van der Waals surface area (Å²) in [6, 6.07) is 12.2. The summed E-state index contributed by atoms with van der Waals surface area (Å²) in [6.07, 6.45) is 3.94. The van der Waals surface area contributed by atoms with E-state index in [2.05, 4.69) is 51.8 Å². The van der Waals surface area contributed by atoms with Gasteiger partial charge in [-0.3, -0.25) is 0 Å². The number of pyridine rings is 1. The Morgan fingerprint density at radius 3 is 2.56 bits per heavy atom. The molecule has 2 aromatic heterocycles. The van der Waals surface area contributed by atoms with Crippen LogP contribution in [0.15, 0.2) is 48.8 Å². The maximum Gasteiger partial charge on any atom is 0.137 e. The predicted octanol–water partition coefficient (Wildman–Crippen LogP) is 3.61. The van der Waals surface area contributed by atoms with Crippen molar-refractivity contribution in [1.82, 2.24) is 9.38 Å².